The van der Waals surface area contributed by atoms with Gasteiger partial charge in [0.1, 0.15) is 11.4 Å². The smallest absolute Gasteiger partial charge is 0.262 e. The molecule has 30 heavy (non-hydrogen) atoms. The van der Waals surface area contributed by atoms with Crippen LogP contribution in [0.1, 0.15) is 30.1 Å². The molecule has 1 aliphatic carbocycles. The zero-order valence-corrected chi connectivity index (χ0v) is 17.0. The highest BCUT2D eigenvalue weighted by Gasteiger charge is 2.42. The quantitative estimate of drug-likeness (QED) is 0.490. The molecule has 2 aliphatic rings. The zero-order chi connectivity index (χ0) is 21.3. The van der Waals surface area contributed by atoms with Gasteiger partial charge in [-0.2, -0.15) is 0 Å². The van der Waals surface area contributed by atoms with Crippen molar-refractivity contribution in [2.75, 3.05) is 32.7 Å². The maximum Gasteiger partial charge on any atom is 0.262 e. The number of phenols is 1. The fraction of sp³-hybridized carbons (Fsp3) is 0.409. The third-order valence-corrected chi connectivity index (χ3v) is 5.65. The van der Waals surface area contributed by atoms with Crippen molar-refractivity contribution >= 4 is 11.6 Å². The van der Waals surface area contributed by atoms with Gasteiger partial charge in [-0.15, -0.1) is 0 Å². The lowest BCUT2D eigenvalue weighted by atomic mass is 10.0. The first-order valence-corrected chi connectivity index (χ1v) is 9.87. The summed E-state index contributed by atoms with van der Waals surface area (Å²) in [6.07, 6.45) is 1.97. The van der Waals surface area contributed by atoms with E-state index in [1.165, 1.54) is 6.07 Å². The maximum absolute atomic E-state index is 11.5. The molecule has 8 nitrogen and oxygen atoms in total. The molecule has 2 aromatic rings. The van der Waals surface area contributed by atoms with E-state index in [1.807, 2.05) is 18.2 Å². The highest BCUT2D eigenvalue weighted by atomic mass is 16.5. The van der Waals surface area contributed by atoms with E-state index in [0.29, 0.717) is 29.4 Å². The lowest BCUT2D eigenvalue weighted by molar-refractivity contribution is -0.118. The minimum Gasteiger partial charge on any atom is -0.506 e. The van der Waals surface area contributed by atoms with Gasteiger partial charge in [-0.25, -0.2) is 0 Å². The number of carbonyl (C=O) groups excluding carboxylic acids is 1. The topological polar surface area (TPSA) is 109 Å². The summed E-state index contributed by atoms with van der Waals surface area (Å²) in [5, 5.41) is 26.8. The van der Waals surface area contributed by atoms with Crippen molar-refractivity contribution in [1.82, 2.24) is 5.32 Å². The Bertz CT molecular complexity index is 957. The molecule has 8 heteroatoms. The molecule has 1 atom stereocenters. The standard InChI is InChI=1S/C22H26N2O6/c1-28-17-6-3-13(9-18(17)29-2)10-22(7-8-22)23-11-16(26)14-4-5-15(25)20-21(14)30-12-19(27)24-20/h3-6,9,16,23,25-26H,7-8,10-12H2,1-2H3,(H,24,27). The monoisotopic (exact) mass is 414 g/mol. The highest BCUT2D eigenvalue weighted by molar-refractivity contribution is 5.97. The number of nitrogens with one attached hydrogen (secondary N) is 2. The normalized spacial score (nSPS) is 17.4. The van der Waals surface area contributed by atoms with Crippen LogP contribution in [0.2, 0.25) is 0 Å². The average Bonchev–Trinajstić information content (AvgIpc) is 3.52. The molecule has 0 saturated heterocycles. The van der Waals surface area contributed by atoms with Gasteiger partial charge in [0.25, 0.3) is 5.91 Å². The number of rotatable bonds is 8. The van der Waals surface area contributed by atoms with Gasteiger partial charge in [0.15, 0.2) is 23.9 Å². The van der Waals surface area contributed by atoms with E-state index >= 15 is 0 Å². The number of methoxy groups -OCH3 is 2. The Morgan fingerprint density at radius 3 is 2.67 bits per heavy atom. The molecule has 1 saturated carbocycles. The van der Waals surface area contributed by atoms with E-state index in [2.05, 4.69) is 10.6 Å². The van der Waals surface area contributed by atoms with Crippen LogP contribution < -0.4 is 24.8 Å². The molecule has 160 valence electrons. The van der Waals surface area contributed by atoms with Crippen LogP contribution in [-0.4, -0.2) is 49.0 Å². The summed E-state index contributed by atoms with van der Waals surface area (Å²) in [5.74, 6) is 1.27. The van der Waals surface area contributed by atoms with E-state index < -0.39 is 6.10 Å². The molecule has 0 aromatic heterocycles. The second-order valence-electron chi connectivity index (χ2n) is 7.76. The van der Waals surface area contributed by atoms with E-state index in [-0.39, 0.29) is 29.5 Å². The largest absolute Gasteiger partial charge is 0.506 e. The fourth-order valence-corrected chi connectivity index (χ4v) is 3.81. The fourth-order valence-electron chi connectivity index (χ4n) is 3.81. The van der Waals surface area contributed by atoms with Gasteiger partial charge >= 0.3 is 0 Å². The SMILES string of the molecule is COc1ccc(CC2(NCC(O)c3ccc(O)c4c3OCC(=O)N4)CC2)cc1OC. The zero-order valence-electron chi connectivity index (χ0n) is 17.0. The number of ether oxygens (including phenoxy) is 3. The summed E-state index contributed by atoms with van der Waals surface area (Å²) in [7, 11) is 3.23. The van der Waals surface area contributed by atoms with Crippen molar-refractivity contribution in [1.29, 1.82) is 0 Å². The Kier molecular flexibility index (Phi) is 5.44. The summed E-state index contributed by atoms with van der Waals surface area (Å²) >= 11 is 0. The van der Waals surface area contributed by atoms with E-state index in [9.17, 15) is 15.0 Å². The molecule has 0 radical (unpaired) electrons. The molecule has 1 aliphatic heterocycles. The summed E-state index contributed by atoms with van der Waals surface area (Å²) in [4.78, 5) is 11.5. The van der Waals surface area contributed by atoms with Gasteiger partial charge in [-0.1, -0.05) is 6.07 Å². The van der Waals surface area contributed by atoms with Crippen LogP contribution >= 0.6 is 0 Å². The molecule has 0 spiro atoms. The number of aliphatic hydroxyl groups is 1. The molecular formula is C22H26N2O6. The van der Waals surface area contributed by atoms with Crippen molar-refractivity contribution in [2.24, 2.45) is 0 Å². The van der Waals surface area contributed by atoms with Crippen LogP contribution in [-0.2, 0) is 11.2 Å². The third kappa shape index (κ3) is 4.01. The number of β-amino-alcohol motifs (C(OH)–C–C–N with tert-alkyl or cyclic N) is 1. The van der Waals surface area contributed by atoms with Gasteiger partial charge < -0.3 is 35.1 Å². The summed E-state index contributed by atoms with van der Waals surface area (Å²) in [6, 6.07) is 8.96. The average molecular weight is 414 g/mol. The van der Waals surface area contributed by atoms with Gasteiger partial charge in [-0.3, -0.25) is 4.79 Å². The number of anilines is 1. The van der Waals surface area contributed by atoms with Crippen molar-refractivity contribution in [3.05, 3.63) is 41.5 Å². The summed E-state index contributed by atoms with van der Waals surface area (Å²) in [5.41, 5.74) is 1.78. The second kappa shape index (κ2) is 8.04. The number of aliphatic hydroxyl groups excluding tert-OH is 1. The van der Waals surface area contributed by atoms with Crippen molar-refractivity contribution in [3.8, 4) is 23.0 Å². The van der Waals surface area contributed by atoms with Gasteiger partial charge in [0.2, 0.25) is 0 Å². The van der Waals surface area contributed by atoms with Crippen molar-refractivity contribution in [2.45, 2.75) is 30.9 Å². The number of aromatic hydroxyl groups is 1. The minimum absolute atomic E-state index is 0.0768. The Hall–Kier alpha value is -2.97. The van der Waals surface area contributed by atoms with Crippen molar-refractivity contribution < 1.29 is 29.2 Å². The minimum atomic E-state index is -0.850. The van der Waals surface area contributed by atoms with Crippen LogP contribution in [0.3, 0.4) is 0 Å². The lowest BCUT2D eigenvalue weighted by Crippen LogP contribution is -2.37. The highest BCUT2D eigenvalue weighted by Crippen LogP contribution is 2.43. The van der Waals surface area contributed by atoms with E-state index in [0.717, 1.165) is 24.8 Å². The first-order valence-electron chi connectivity index (χ1n) is 9.87. The van der Waals surface area contributed by atoms with E-state index in [4.69, 9.17) is 14.2 Å². The molecule has 1 heterocycles. The van der Waals surface area contributed by atoms with Gasteiger partial charge in [-0.05, 0) is 49.1 Å². The molecule has 4 N–H and O–H groups in total. The van der Waals surface area contributed by atoms with E-state index in [1.54, 1.807) is 20.3 Å². The maximum atomic E-state index is 11.5. The van der Waals surface area contributed by atoms with Crippen LogP contribution in [0.15, 0.2) is 30.3 Å². The first-order chi connectivity index (χ1) is 14.4. The molecule has 1 amide bonds. The Labute approximate surface area is 174 Å². The molecule has 0 bridgehead atoms. The number of phenolic OH excluding ortho intramolecular Hbond substituents is 1. The predicted octanol–water partition coefficient (Wildman–Crippen LogP) is 2.14. The number of benzene rings is 2. The van der Waals surface area contributed by atoms with Gasteiger partial charge in [0.05, 0.1) is 20.3 Å². The van der Waals surface area contributed by atoms with Crippen molar-refractivity contribution in [3.63, 3.8) is 0 Å². The molecule has 2 aromatic carbocycles. The predicted molar refractivity (Wildman–Crippen MR) is 110 cm³/mol. The van der Waals surface area contributed by atoms with Crippen LogP contribution in [0.25, 0.3) is 0 Å². The van der Waals surface area contributed by atoms with Crippen LogP contribution in [0, 0.1) is 0 Å². The Morgan fingerprint density at radius 1 is 1.20 bits per heavy atom. The Balaban J connectivity index is 1.44. The van der Waals surface area contributed by atoms with Crippen LogP contribution in [0.4, 0.5) is 5.69 Å². The number of hydrogen-bond donors (Lipinski definition) is 4. The third-order valence-electron chi connectivity index (χ3n) is 5.65. The van der Waals surface area contributed by atoms with Crippen LogP contribution in [0.5, 0.6) is 23.0 Å². The molecule has 4 rings (SSSR count). The lowest BCUT2D eigenvalue weighted by Gasteiger charge is -2.25. The number of fused-ring (bicyclic) bond motifs is 1. The molecular weight excluding hydrogens is 388 g/mol. The number of hydrogen-bond acceptors (Lipinski definition) is 7. The Morgan fingerprint density at radius 2 is 1.97 bits per heavy atom. The molecule has 1 fully saturated rings. The number of carbonyl (C=O) groups is 1. The number of amides is 1. The second-order valence-corrected chi connectivity index (χ2v) is 7.76. The van der Waals surface area contributed by atoms with Gasteiger partial charge in [0, 0.05) is 17.6 Å². The summed E-state index contributed by atoms with van der Waals surface area (Å²) < 4.78 is 16.2. The first kappa shape index (κ1) is 20.3. The summed E-state index contributed by atoms with van der Waals surface area (Å²) in [6.45, 7) is 0.175. The molecule has 1 unspecified atom stereocenters.